The van der Waals surface area contributed by atoms with Gasteiger partial charge in [-0.05, 0) is 35.4 Å². The van der Waals surface area contributed by atoms with E-state index in [0.29, 0.717) is 12.5 Å². The lowest BCUT2D eigenvalue weighted by Crippen LogP contribution is -2.37. The van der Waals surface area contributed by atoms with Gasteiger partial charge in [0.05, 0.1) is 6.04 Å². The van der Waals surface area contributed by atoms with Gasteiger partial charge in [0.15, 0.2) is 0 Å². The summed E-state index contributed by atoms with van der Waals surface area (Å²) >= 11 is 1.68. The number of nitrogens with one attached hydrogen (secondary N) is 2. The Morgan fingerprint density at radius 1 is 1.33 bits per heavy atom. The molecule has 0 aliphatic rings. The average molecular weight is 303 g/mol. The Balaban J connectivity index is 1.89. The Bertz CT molecular complexity index is 540. The van der Waals surface area contributed by atoms with Gasteiger partial charge in [-0.2, -0.15) is 0 Å². The summed E-state index contributed by atoms with van der Waals surface area (Å²) in [5, 5.41) is 7.98. The minimum absolute atomic E-state index is 0.0684. The van der Waals surface area contributed by atoms with Crippen molar-refractivity contribution < 1.29 is 4.79 Å². The molecule has 2 heterocycles. The van der Waals surface area contributed by atoms with E-state index in [-0.39, 0.29) is 12.1 Å². The van der Waals surface area contributed by atoms with Gasteiger partial charge >= 0.3 is 6.03 Å². The van der Waals surface area contributed by atoms with Gasteiger partial charge in [-0.25, -0.2) is 4.79 Å². The molecular formula is C16H21N3OS. The van der Waals surface area contributed by atoms with Crippen LogP contribution in [0.15, 0.2) is 42.0 Å². The molecule has 2 aromatic rings. The molecule has 0 spiro atoms. The fraction of sp³-hybridized carbons (Fsp3) is 0.375. The predicted octanol–water partition coefficient (Wildman–Crippen LogP) is 3.73. The van der Waals surface area contributed by atoms with Gasteiger partial charge in [-0.3, -0.25) is 4.98 Å². The highest BCUT2D eigenvalue weighted by molar-refractivity contribution is 7.10. The van der Waals surface area contributed by atoms with E-state index < -0.39 is 0 Å². The summed E-state index contributed by atoms with van der Waals surface area (Å²) in [4.78, 5) is 17.3. The van der Waals surface area contributed by atoms with Gasteiger partial charge in [-0.15, -0.1) is 11.3 Å². The molecule has 2 rings (SSSR count). The lowest BCUT2D eigenvalue weighted by Gasteiger charge is -2.19. The molecule has 21 heavy (non-hydrogen) atoms. The van der Waals surface area contributed by atoms with E-state index in [9.17, 15) is 4.79 Å². The molecule has 112 valence electrons. The third kappa shape index (κ3) is 5.19. The second kappa shape index (κ2) is 7.78. The van der Waals surface area contributed by atoms with Gasteiger partial charge in [0, 0.05) is 23.8 Å². The molecular weight excluding hydrogens is 282 g/mol. The maximum absolute atomic E-state index is 12.1. The quantitative estimate of drug-likeness (QED) is 0.854. The van der Waals surface area contributed by atoms with E-state index in [4.69, 9.17) is 0 Å². The first-order valence-electron chi connectivity index (χ1n) is 7.12. The summed E-state index contributed by atoms with van der Waals surface area (Å²) in [7, 11) is 0. The van der Waals surface area contributed by atoms with E-state index >= 15 is 0 Å². The molecule has 0 unspecified atom stereocenters. The molecule has 2 N–H and O–H groups in total. The number of urea groups is 1. The highest BCUT2D eigenvalue weighted by Crippen LogP contribution is 2.25. The van der Waals surface area contributed by atoms with Crippen LogP contribution in [-0.4, -0.2) is 11.0 Å². The minimum atomic E-state index is -0.141. The average Bonchev–Trinajstić information content (AvgIpc) is 2.99. The smallest absolute Gasteiger partial charge is 0.315 e. The predicted molar refractivity (Wildman–Crippen MR) is 86.1 cm³/mol. The number of hydrogen-bond acceptors (Lipinski definition) is 3. The second-order valence-electron chi connectivity index (χ2n) is 5.39. The first-order valence-corrected chi connectivity index (χ1v) is 8.00. The number of pyridine rings is 1. The first-order chi connectivity index (χ1) is 10.1. The van der Waals surface area contributed by atoms with Crippen LogP contribution in [0.4, 0.5) is 4.79 Å². The molecule has 0 aliphatic heterocycles. The molecule has 0 bridgehead atoms. The van der Waals surface area contributed by atoms with Gasteiger partial charge in [0.25, 0.3) is 0 Å². The van der Waals surface area contributed by atoms with Crippen molar-refractivity contribution in [1.82, 2.24) is 15.6 Å². The molecule has 0 saturated carbocycles. The van der Waals surface area contributed by atoms with Gasteiger partial charge in [0.1, 0.15) is 0 Å². The Morgan fingerprint density at radius 2 is 2.19 bits per heavy atom. The lowest BCUT2D eigenvalue weighted by molar-refractivity contribution is 0.235. The number of carbonyl (C=O) groups is 1. The number of amides is 2. The van der Waals surface area contributed by atoms with Crippen LogP contribution in [0, 0.1) is 5.92 Å². The maximum Gasteiger partial charge on any atom is 0.315 e. The summed E-state index contributed by atoms with van der Waals surface area (Å²) in [6, 6.07) is 7.82. The van der Waals surface area contributed by atoms with Crippen molar-refractivity contribution >= 4 is 17.4 Å². The van der Waals surface area contributed by atoms with Crippen LogP contribution in [0.1, 0.15) is 36.8 Å². The van der Waals surface area contributed by atoms with Crippen molar-refractivity contribution in [3.63, 3.8) is 0 Å². The van der Waals surface area contributed by atoms with Crippen molar-refractivity contribution in [1.29, 1.82) is 0 Å². The fourth-order valence-electron chi connectivity index (χ4n) is 2.10. The number of carbonyl (C=O) groups excluding carboxylic acids is 1. The van der Waals surface area contributed by atoms with Crippen molar-refractivity contribution in [2.75, 3.05) is 0 Å². The number of aromatic nitrogens is 1. The van der Waals surface area contributed by atoms with E-state index in [1.807, 2.05) is 23.6 Å². The highest BCUT2D eigenvalue weighted by atomic mass is 32.1. The zero-order valence-electron chi connectivity index (χ0n) is 12.4. The Morgan fingerprint density at radius 3 is 2.81 bits per heavy atom. The first kappa shape index (κ1) is 15.5. The number of rotatable bonds is 6. The topological polar surface area (TPSA) is 54.0 Å². The number of nitrogens with zero attached hydrogens (tertiary/aromatic N) is 1. The largest absolute Gasteiger partial charge is 0.334 e. The molecule has 0 aliphatic carbocycles. The molecule has 0 radical (unpaired) electrons. The summed E-state index contributed by atoms with van der Waals surface area (Å²) < 4.78 is 0. The number of hydrogen-bond donors (Lipinski definition) is 2. The molecule has 2 aromatic heterocycles. The van der Waals surface area contributed by atoms with Crippen molar-refractivity contribution in [2.45, 2.75) is 32.9 Å². The molecule has 0 fully saturated rings. The Labute approximate surface area is 129 Å². The zero-order valence-corrected chi connectivity index (χ0v) is 13.2. The monoisotopic (exact) mass is 303 g/mol. The van der Waals surface area contributed by atoms with E-state index in [0.717, 1.165) is 12.0 Å². The van der Waals surface area contributed by atoms with Crippen LogP contribution in [0.2, 0.25) is 0 Å². The molecule has 0 aromatic carbocycles. The Hall–Kier alpha value is -1.88. The summed E-state index contributed by atoms with van der Waals surface area (Å²) in [6.45, 7) is 4.81. The Kier molecular flexibility index (Phi) is 5.75. The third-order valence-electron chi connectivity index (χ3n) is 3.07. The minimum Gasteiger partial charge on any atom is -0.334 e. The maximum atomic E-state index is 12.1. The lowest BCUT2D eigenvalue weighted by atomic mass is 10.0. The van der Waals surface area contributed by atoms with E-state index in [1.165, 1.54) is 4.88 Å². The van der Waals surface area contributed by atoms with Crippen LogP contribution in [-0.2, 0) is 6.54 Å². The van der Waals surface area contributed by atoms with Crippen LogP contribution in [0.5, 0.6) is 0 Å². The van der Waals surface area contributed by atoms with E-state index in [2.05, 4.69) is 35.5 Å². The second-order valence-corrected chi connectivity index (χ2v) is 6.37. The molecule has 5 heteroatoms. The van der Waals surface area contributed by atoms with Crippen molar-refractivity contribution in [3.8, 4) is 0 Å². The van der Waals surface area contributed by atoms with Crippen molar-refractivity contribution in [2.24, 2.45) is 5.92 Å². The standard InChI is InChI=1S/C16H21N3OS/c1-12(2)9-14(15-6-4-8-21-15)19-16(20)18-11-13-5-3-7-17-10-13/h3-8,10,12,14H,9,11H2,1-2H3,(H2,18,19,20)/t14-/m1/s1. The third-order valence-corrected chi connectivity index (χ3v) is 4.06. The summed E-state index contributed by atoms with van der Waals surface area (Å²) in [6.07, 6.45) is 4.41. The van der Waals surface area contributed by atoms with Crippen LogP contribution >= 0.6 is 11.3 Å². The fourth-order valence-corrected chi connectivity index (χ4v) is 2.89. The summed E-state index contributed by atoms with van der Waals surface area (Å²) in [5.41, 5.74) is 0.990. The SMILES string of the molecule is CC(C)C[C@@H](NC(=O)NCc1cccnc1)c1cccs1. The molecule has 4 nitrogen and oxygen atoms in total. The van der Waals surface area contributed by atoms with E-state index in [1.54, 1.807) is 23.7 Å². The zero-order chi connectivity index (χ0) is 15.1. The van der Waals surface area contributed by atoms with Gasteiger partial charge in [0.2, 0.25) is 0 Å². The van der Waals surface area contributed by atoms with Crippen LogP contribution in [0.3, 0.4) is 0 Å². The molecule has 0 saturated heterocycles. The number of thiophene rings is 1. The van der Waals surface area contributed by atoms with Crippen LogP contribution in [0.25, 0.3) is 0 Å². The normalized spacial score (nSPS) is 12.1. The van der Waals surface area contributed by atoms with Gasteiger partial charge < -0.3 is 10.6 Å². The molecule has 2 amide bonds. The summed E-state index contributed by atoms with van der Waals surface area (Å²) in [5.74, 6) is 0.524. The van der Waals surface area contributed by atoms with Crippen molar-refractivity contribution in [3.05, 3.63) is 52.5 Å². The molecule has 1 atom stereocenters. The van der Waals surface area contributed by atoms with Crippen LogP contribution < -0.4 is 10.6 Å². The van der Waals surface area contributed by atoms with Gasteiger partial charge in [-0.1, -0.05) is 26.0 Å². The highest BCUT2D eigenvalue weighted by Gasteiger charge is 2.16.